The first-order valence-corrected chi connectivity index (χ1v) is 7.32. The van der Waals surface area contributed by atoms with Gasteiger partial charge in [0.1, 0.15) is 5.75 Å². The van der Waals surface area contributed by atoms with E-state index < -0.39 is 0 Å². The van der Waals surface area contributed by atoms with Gasteiger partial charge in [-0.3, -0.25) is 0 Å². The highest BCUT2D eigenvalue weighted by atomic mass is 35.5. The quantitative estimate of drug-likeness (QED) is 0.820. The molecule has 1 aromatic carbocycles. The van der Waals surface area contributed by atoms with E-state index >= 15 is 0 Å². The lowest BCUT2D eigenvalue weighted by atomic mass is 10.1. The normalized spacial score (nSPS) is 11.9. The van der Waals surface area contributed by atoms with Gasteiger partial charge in [-0.05, 0) is 45.2 Å². The van der Waals surface area contributed by atoms with Crippen molar-refractivity contribution in [2.45, 2.75) is 53.1 Å². The van der Waals surface area contributed by atoms with Crippen molar-refractivity contribution in [3.05, 3.63) is 28.8 Å². The molecule has 0 atom stereocenters. The minimum Gasteiger partial charge on any atom is -0.493 e. The summed E-state index contributed by atoms with van der Waals surface area (Å²) >= 11 is 6.28. The Bertz CT molecular complexity index is 396. The highest BCUT2D eigenvalue weighted by molar-refractivity contribution is 6.31. The summed E-state index contributed by atoms with van der Waals surface area (Å²) in [5.41, 5.74) is 1.11. The lowest BCUT2D eigenvalue weighted by Gasteiger charge is -2.22. The fourth-order valence-electron chi connectivity index (χ4n) is 1.60. The van der Waals surface area contributed by atoms with E-state index in [2.05, 4.69) is 39.9 Å². The molecule has 0 aliphatic rings. The third-order valence-electron chi connectivity index (χ3n) is 2.82. The molecule has 108 valence electrons. The zero-order valence-electron chi connectivity index (χ0n) is 12.7. The highest BCUT2D eigenvalue weighted by Crippen LogP contribution is 2.27. The number of rotatable bonds is 6. The average Bonchev–Trinajstić information content (AvgIpc) is 2.26. The number of hydrogen-bond acceptors (Lipinski definition) is 2. The van der Waals surface area contributed by atoms with E-state index in [1.807, 2.05) is 18.2 Å². The molecule has 0 unspecified atom stereocenters. The van der Waals surface area contributed by atoms with Gasteiger partial charge >= 0.3 is 0 Å². The second-order valence-electron chi connectivity index (χ2n) is 6.35. The molecule has 0 radical (unpaired) electrons. The Morgan fingerprint density at radius 2 is 1.95 bits per heavy atom. The molecule has 0 bridgehead atoms. The molecule has 0 aliphatic heterocycles. The summed E-state index contributed by atoms with van der Waals surface area (Å²) in [5, 5.41) is 4.22. The molecule has 0 aromatic heterocycles. The fraction of sp³-hybridized carbons (Fsp3) is 0.625. The third-order valence-corrected chi connectivity index (χ3v) is 3.18. The Morgan fingerprint density at radius 1 is 1.26 bits per heavy atom. The van der Waals surface area contributed by atoms with Crippen LogP contribution in [-0.2, 0) is 6.54 Å². The molecule has 0 aliphatic carbocycles. The molecule has 3 heteroatoms. The maximum absolute atomic E-state index is 6.28. The number of benzene rings is 1. The zero-order chi connectivity index (χ0) is 14.5. The molecule has 0 spiro atoms. The van der Waals surface area contributed by atoms with Gasteiger partial charge in [-0.25, -0.2) is 0 Å². The summed E-state index contributed by atoms with van der Waals surface area (Å²) in [4.78, 5) is 0. The lowest BCUT2D eigenvalue weighted by Crippen LogP contribution is -2.35. The predicted molar refractivity (Wildman–Crippen MR) is 83.0 cm³/mol. The van der Waals surface area contributed by atoms with E-state index in [1.54, 1.807) is 0 Å². The Morgan fingerprint density at radius 3 is 2.53 bits per heavy atom. The molecule has 0 saturated heterocycles. The van der Waals surface area contributed by atoms with E-state index in [1.165, 1.54) is 0 Å². The minimum absolute atomic E-state index is 0.0639. The predicted octanol–water partition coefficient (Wildman–Crippen LogP) is 4.65. The smallest absolute Gasteiger partial charge is 0.125 e. The van der Waals surface area contributed by atoms with Crippen LogP contribution >= 0.6 is 11.6 Å². The van der Waals surface area contributed by atoms with Crippen LogP contribution in [0.2, 0.25) is 5.02 Å². The molecule has 0 heterocycles. The van der Waals surface area contributed by atoms with E-state index in [0.29, 0.717) is 5.92 Å². The van der Waals surface area contributed by atoms with Crippen LogP contribution in [0.3, 0.4) is 0 Å². The van der Waals surface area contributed by atoms with Gasteiger partial charge in [0.25, 0.3) is 0 Å². The van der Waals surface area contributed by atoms with Gasteiger partial charge in [0.2, 0.25) is 0 Å². The van der Waals surface area contributed by atoms with Crippen molar-refractivity contribution in [1.82, 2.24) is 5.32 Å². The number of halogens is 1. The molecule has 1 N–H and O–H groups in total. The second-order valence-corrected chi connectivity index (χ2v) is 6.76. The summed E-state index contributed by atoms with van der Waals surface area (Å²) in [5.74, 6) is 1.54. The number of ether oxygens (including phenoxy) is 1. The molecule has 2 nitrogen and oxygen atoms in total. The van der Waals surface area contributed by atoms with Gasteiger partial charge in [-0.1, -0.05) is 31.5 Å². The molecule has 0 fully saturated rings. The van der Waals surface area contributed by atoms with E-state index in [9.17, 15) is 0 Å². The van der Waals surface area contributed by atoms with Gasteiger partial charge in [0, 0.05) is 22.7 Å². The largest absolute Gasteiger partial charge is 0.493 e. The molecular weight excluding hydrogens is 258 g/mol. The van der Waals surface area contributed by atoms with Crippen LogP contribution in [0.1, 0.15) is 46.6 Å². The summed E-state index contributed by atoms with van der Waals surface area (Å²) in [7, 11) is 0. The monoisotopic (exact) mass is 283 g/mol. The van der Waals surface area contributed by atoms with Gasteiger partial charge in [0.05, 0.1) is 6.61 Å². The first-order chi connectivity index (χ1) is 8.79. The van der Waals surface area contributed by atoms with Gasteiger partial charge in [-0.15, -0.1) is 0 Å². The van der Waals surface area contributed by atoms with E-state index in [-0.39, 0.29) is 5.54 Å². The molecule has 19 heavy (non-hydrogen) atoms. The number of hydrogen-bond donors (Lipinski definition) is 1. The summed E-state index contributed by atoms with van der Waals surface area (Å²) in [6, 6.07) is 5.84. The van der Waals surface area contributed by atoms with Crippen LogP contribution in [0.5, 0.6) is 5.75 Å². The first kappa shape index (κ1) is 16.3. The molecule has 1 rings (SSSR count). The minimum atomic E-state index is 0.0639. The first-order valence-electron chi connectivity index (χ1n) is 6.95. The van der Waals surface area contributed by atoms with E-state index in [0.717, 1.165) is 35.9 Å². The van der Waals surface area contributed by atoms with Gasteiger partial charge in [0.15, 0.2) is 0 Å². The van der Waals surface area contributed by atoms with Gasteiger partial charge < -0.3 is 10.1 Å². The van der Waals surface area contributed by atoms with Crippen LogP contribution < -0.4 is 10.1 Å². The lowest BCUT2D eigenvalue weighted by molar-refractivity contribution is 0.285. The van der Waals surface area contributed by atoms with Gasteiger partial charge in [-0.2, -0.15) is 0 Å². The Labute approximate surface area is 122 Å². The fourth-order valence-corrected chi connectivity index (χ4v) is 1.84. The van der Waals surface area contributed by atoms with Crippen LogP contribution in [0.25, 0.3) is 0 Å². The maximum Gasteiger partial charge on any atom is 0.125 e. The van der Waals surface area contributed by atoms with Crippen molar-refractivity contribution in [2.24, 2.45) is 5.92 Å². The van der Waals surface area contributed by atoms with Crippen LogP contribution in [0.15, 0.2) is 18.2 Å². The maximum atomic E-state index is 6.28. The Kier molecular flexibility index (Phi) is 6.15. The van der Waals surface area contributed by atoms with Crippen molar-refractivity contribution >= 4 is 11.6 Å². The summed E-state index contributed by atoms with van der Waals surface area (Å²) in [6.07, 6.45) is 1.05. The molecular formula is C16H26ClNO. The van der Waals surface area contributed by atoms with Crippen molar-refractivity contribution in [2.75, 3.05) is 6.61 Å². The van der Waals surface area contributed by atoms with Crippen molar-refractivity contribution in [3.8, 4) is 5.75 Å². The average molecular weight is 284 g/mol. The summed E-state index contributed by atoms with van der Waals surface area (Å²) in [6.45, 7) is 12.3. The standard InChI is InChI=1S/C16H26ClNO/c1-12(2)9-10-19-15-8-6-7-14(17)13(15)11-18-16(3,4)5/h6-8,12,18H,9-11H2,1-5H3. The topological polar surface area (TPSA) is 21.3 Å². The van der Waals surface area contributed by atoms with Crippen LogP contribution in [-0.4, -0.2) is 12.1 Å². The highest BCUT2D eigenvalue weighted by Gasteiger charge is 2.13. The molecule has 0 amide bonds. The van der Waals surface area contributed by atoms with E-state index in [4.69, 9.17) is 16.3 Å². The van der Waals surface area contributed by atoms with Crippen LogP contribution in [0.4, 0.5) is 0 Å². The molecule has 0 saturated carbocycles. The summed E-state index contributed by atoms with van der Waals surface area (Å²) < 4.78 is 5.87. The van der Waals surface area contributed by atoms with Crippen molar-refractivity contribution in [3.63, 3.8) is 0 Å². The molecule has 1 aromatic rings. The number of nitrogens with one attached hydrogen (secondary N) is 1. The van der Waals surface area contributed by atoms with Crippen molar-refractivity contribution < 1.29 is 4.74 Å². The third kappa shape index (κ3) is 6.31. The second kappa shape index (κ2) is 7.16. The zero-order valence-corrected chi connectivity index (χ0v) is 13.5. The van der Waals surface area contributed by atoms with Crippen molar-refractivity contribution in [1.29, 1.82) is 0 Å². The Hall–Kier alpha value is -0.730. The Balaban J connectivity index is 2.72. The van der Waals surface area contributed by atoms with Crippen LogP contribution in [0, 0.1) is 5.92 Å². The SMILES string of the molecule is CC(C)CCOc1cccc(Cl)c1CNC(C)(C)C.